The summed E-state index contributed by atoms with van der Waals surface area (Å²) in [7, 11) is -4.19. The summed E-state index contributed by atoms with van der Waals surface area (Å²) in [6.07, 6.45) is 0. The maximum Gasteiger partial charge on any atom is 0.286 e. The van der Waals surface area contributed by atoms with E-state index >= 15 is 0 Å². The minimum Gasteiger partial charge on any atom is -0.367 e. The highest BCUT2D eigenvalue weighted by Crippen LogP contribution is 2.28. The summed E-state index contributed by atoms with van der Waals surface area (Å²) in [5, 5.41) is 16.9. The highest BCUT2D eigenvalue weighted by atomic mass is 32.2. The zero-order valence-electron chi connectivity index (χ0n) is 14.7. The molecule has 0 aliphatic carbocycles. The van der Waals surface area contributed by atoms with Crippen molar-refractivity contribution in [2.45, 2.75) is 4.90 Å². The van der Waals surface area contributed by atoms with Crippen LogP contribution in [0, 0.1) is 17.1 Å². The van der Waals surface area contributed by atoms with Gasteiger partial charge in [-0.15, -0.1) is 9.19 Å². The van der Waals surface area contributed by atoms with E-state index in [2.05, 4.69) is 15.4 Å². The molecule has 0 saturated heterocycles. The smallest absolute Gasteiger partial charge is 0.286 e. The lowest BCUT2D eigenvalue weighted by Gasteiger charge is -2.09. The Hall–Kier alpha value is -3.97. The van der Waals surface area contributed by atoms with E-state index < -0.39 is 15.8 Å². The molecule has 4 aromatic rings. The van der Waals surface area contributed by atoms with Crippen molar-refractivity contribution in [3.8, 4) is 6.07 Å². The van der Waals surface area contributed by atoms with Crippen molar-refractivity contribution < 1.29 is 12.8 Å². The minimum absolute atomic E-state index is 0.0583. The van der Waals surface area contributed by atoms with Gasteiger partial charge in [0, 0.05) is 16.5 Å². The van der Waals surface area contributed by atoms with Crippen molar-refractivity contribution >= 4 is 38.4 Å². The first-order valence-corrected chi connectivity index (χ1v) is 9.77. The Kier molecular flexibility index (Phi) is 4.37. The molecule has 0 saturated carbocycles. The molecule has 3 N–H and O–H groups in total. The van der Waals surface area contributed by atoms with Crippen molar-refractivity contribution in [3.05, 3.63) is 72.0 Å². The van der Waals surface area contributed by atoms with E-state index in [0.29, 0.717) is 26.1 Å². The van der Waals surface area contributed by atoms with E-state index in [9.17, 15) is 18.1 Å². The summed E-state index contributed by atoms with van der Waals surface area (Å²) < 4.78 is 40.1. The molecule has 1 heterocycles. The van der Waals surface area contributed by atoms with Gasteiger partial charge in [0.2, 0.25) is 11.9 Å². The Morgan fingerprint density at radius 2 is 1.72 bits per heavy atom. The van der Waals surface area contributed by atoms with Crippen LogP contribution in [0.15, 0.2) is 65.6 Å². The molecule has 3 aromatic carbocycles. The lowest BCUT2D eigenvalue weighted by molar-refractivity contribution is 0.582. The highest BCUT2D eigenvalue weighted by Gasteiger charge is 2.25. The van der Waals surface area contributed by atoms with Crippen molar-refractivity contribution in [1.82, 2.24) is 14.2 Å². The molecule has 0 spiro atoms. The number of nitrogens with one attached hydrogen (secondary N) is 1. The summed E-state index contributed by atoms with van der Waals surface area (Å²) in [5.41, 5.74) is 6.61. The molecule has 10 heteroatoms. The molecule has 4 rings (SSSR count). The SMILES string of the molecule is N#Cc1cccc2c(S(=O)(=O)n3nc(Nc4ccc(F)cc4)nc3N)cccc12. The summed E-state index contributed by atoms with van der Waals surface area (Å²) in [6, 6.07) is 16.9. The topological polar surface area (TPSA) is 127 Å². The van der Waals surface area contributed by atoms with Crippen LogP contribution in [-0.4, -0.2) is 22.6 Å². The maximum atomic E-state index is 13.2. The number of fused-ring (bicyclic) bond motifs is 1. The normalized spacial score (nSPS) is 11.3. The number of aromatic nitrogens is 3. The van der Waals surface area contributed by atoms with Crippen LogP contribution in [0.2, 0.25) is 0 Å². The Balaban J connectivity index is 1.79. The molecule has 0 bridgehead atoms. The number of anilines is 3. The largest absolute Gasteiger partial charge is 0.367 e. The zero-order valence-corrected chi connectivity index (χ0v) is 15.6. The Labute approximate surface area is 165 Å². The maximum absolute atomic E-state index is 13.2. The van der Waals surface area contributed by atoms with E-state index in [1.807, 2.05) is 6.07 Å². The van der Waals surface area contributed by atoms with Crippen LogP contribution in [0.4, 0.5) is 22.0 Å². The van der Waals surface area contributed by atoms with Crippen LogP contribution in [0.1, 0.15) is 5.56 Å². The van der Waals surface area contributed by atoms with E-state index in [0.717, 1.165) is 0 Å². The number of nitrogens with zero attached hydrogens (tertiary/aromatic N) is 4. The fraction of sp³-hybridized carbons (Fsp3) is 0. The molecule has 0 unspecified atom stereocenters. The molecule has 29 heavy (non-hydrogen) atoms. The predicted octanol–water partition coefficient (Wildman–Crippen LogP) is 3.00. The Bertz CT molecular complexity index is 1370. The Morgan fingerprint density at radius 1 is 1.03 bits per heavy atom. The number of nitrogen functional groups attached to an aromatic ring is 1. The third-order valence-corrected chi connectivity index (χ3v) is 5.85. The zero-order chi connectivity index (χ0) is 20.6. The van der Waals surface area contributed by atoms with Crippen LogP contribution in [0.25, 0.3) is 10.8 Å². The number of rotatable bonds is 4. The second-order valence-electron chi connectivity index (χ2n) is 6.04. The average Bonchev–Trinajstić information content (AvgIpc) is 3.09. The summed E-state index contributed by atoms with van der Waals surface area (Å²) in [5.74, 6) is -0.817. The third kappa shape index (κ3) is 3.24. The van der Waals surface area contributed by atoms with Crippen molar-refractivity contribution in [2.75, 3.05) is 11.1 Å². The van der Waals surface area contributed by atoms with Gasteiger partial charge in [-0.05, 0) is 36.4 Å². The number of halogens is 1. The second-order valence-corrected chi connectivity index (χ2v) is 7.78. The van der Waals surface area contributed by atoms with Gasteiger partial charge >= 0.3 is 0 Å². The number of nitrogens with two attached hydrogens (primary N) is 1. The fourth-order valence-electron chi connectivity index (χ4n) is 2.90. The minimum atomic E-state index is -4.19. The molecule has 8 nitrogen and oxygen atoms in total. The molecule has 0 fully saturated rings. The predicted molar refractivity (Wildman–Crippen MR) is 105 cm³/mol. The highest BCUT2D eigenvalue weighted by molar-refractivity contribution is 7.90. The van der Waals surface area contributed by atoms with Gasteiger partial charge < -0.3 is 11.1 Å². The van der Waals surface area contributed by atoms with Gasteiger partial charge in [0.25, 0.3) is 10.0 Å². The van der Waals surface area contributed by atoms with E-state index in [1.165, 1.54) is 30.3 Å². The molecular formula is C19H13FN6O2S. The van der Waals surface area contributed by atoms with Gasteiger partial charge in [-0.3, -0.25) is 0 Å². The summed E-state index contributed by atoms with van der Waals surface area (Å²) in [4.78, 5) is 3.87. The quantitative estimate of drug-likeness (QED) is 0.531. The average molecular weight is 408 g/mol. The van der Waals surface area contributed by atoms with Crippen LogP contribution in [-0.2, 0) is 10.0 Å². The molecule has 0 aliphatic heterocycles. The van der Waals surface area contributed by atoms with Gasteiger partial charge in [-0.2, -0.15) is 18.7 Å². The van der Waals surface area contributed by atoms with Gasteiger partial charge in [0.1, 0.15) is 5.82 Å². The van der Waals surface area contributed by atoms with E-state index in [1.54, 1.807) is 30.3 Å². The van der Waals surface area contributed by atoms with Gasteiger partial charge in [0.05, 0.1) is 16.5 Å². The molecule has 0 amide bonds. The van der Waals surface area contributed by atoms with Crippen LogP contribution < -0.4 is 11.1 Å². The molecule has 1 aromatic heterocycles. The van der Waals surface area contributed by atoms with Crippen molar-refractivity contribution in [1.29, 1.82) is 5.26 Å². The van der Waals surface area contributed by atoms with Gasteiger partial charge in [0.15, 0.2) is 0 Å². The van der Waals surface area contributed by atoms with E-state index in [4.69, 9.17) is 5.73 Å². The van der Waals surface area contributed by atoms with Crippen LogP contribution in [0.5, 0.6) is 0 Å². The second kappa shape index (κ2) is 6.88. The molecule has 0 aliphatic rings. The number of hydrogen-bond acceptors (Lipinski definition) is 7. The number of hydrogen-bond donors (Lipinski definition) is 2. The van der Waals surface area contributed by atoms with Crippen molar-refractivity contribution in [2.24, 2.45) is 0 Å². The van der Waals surface area contributed by atoms with Gasteiger partial charge in [-0.1, -0.05) is 24.3 Å². The lowest BCUT2D eigenvalue weighted by Crippen LogP contribution is -2.17. The number of nitriles is 1. The first-order chi connectivity index (χ1) is 13.9. The standard InChI is InChI=1S/C19H13FN6O2S/c20-13-7-9-14(10-8-13)23-19-24-18(22)26(25-19)29(27,28)17-6-2-4-15-12(11-21)3-1-5-16(15)17/h1-10H,(H3,22,23,24,25). The summed E-state index contributed by atoms with van der Waals surface area (Å²) in [6.45, 7) is 0. The molecular weight excluding hydrogens is 395 g/mol. The molecule has 0 radical (unpaired) electrons. The lowest BCUT2D eigenvalue weighted by atomic mass is 10.1. The first-order valence-electron chi connectivity index (χ1n) is 8.33. The first kappa shape index (κ1) is 18.4. The molecule has 144 valence electrons. The van der Waals surface area contributed by atoms with Crippen LogP contribution >= 0.6 is 0 Å². The monoisotopic (exact) mass is 408 g/mol. The fourth-order valence-corrected chi connectivity index (χ4v) is 4.26. The Morgan fingerprint density at radius 3 is 2.45 bits per heavy atom. The van der Waals surface area contributed by atoms with Crippen molar-refractivity contribution in [3.63, 3.8) is 0 Å². The van der Waals surface area contributed by atoms with Gasteiger partial charge in [-0.25, -0.2) is 4.39 Å². The molecule has 0 atom stereocenters. The van der Waals surface area contributed by atoms with E-state index in [-0.39, 0.29) is 16.8 Å². The summed E-state index contributed by atoms with van der Waals surface area (Å²) >= 11 is 0. The number of benzene rings is 3. The van der Waals surface area contributed by atoms with Crippen LogP contribution in [0.3, 0.4) is 0 Å². The third-order valence-electron chi connectivity index (χ3n) is 4.21.